The molecule has 0 saturated carbocycles. The second kappa shape index (κ2) is 4.46. The molecule has 0 aromatic heterocycles. The molecule has 0 unspecified atom stereocenters. The Bertz CT molecular complexity index is 386. The quantitative estimate of drug-likeness (QED) is 0.598. The van der Waals surface area contributed by atoms with Gasteiger partial charge in [-0.05, 0) is 12.1 Å². The van der Waals surface area contributed by atoms with Crippen LogP contribution in [0.2, 0.25) is 0 Å². The number of carbonyl (C=O) groups excluding carboxylic acids is 1. The molecule has 7 heteroatoms. The van der Waals surface area contributed by atoms with Gasteiger partial charge in [0.2, 0.25) is 0 Å². The minimum Gasteiger partial charge on any atom is -0.405 e. The summed E-state index contributed by atoms with van der Waals surface area (Å²) >= 11 is 0. The number of carbonyl (C=O) groups is 1. The summed E-state index contributed by atoms with van der Waals surface area (Å²) in [7, 11) is 0. The molecule has 0 bridgehead atoms. The first-order chi connectivity index (χ1) is 7.33. The Morgan fingerprint density at radius 1 is 1.25 bits per heavy atom. The van der Waals surface area contributed by atoms with E-state index in [9.17, 15) is 26.7 Å². The molecule has 0 heterocycles. The monoisotopic (exact) mass is 240 g/mol. The summed E-state index contributed by atoms with van der Waals surface area (Å²) in [6, 6.07) is 2.31. The number of aldehydes is 1. The van der Waals surface area contributed by atoms with Crippen molar-refractivity contribution < 1.29 is 31.5 Å². The Kier molecular flexibility index (Phi) is 3.46. The van der Waals surface area contributed by atoms with Crippen LogP contribution in [0.5, 0.6) is 5.75 Å². The molecule has 0 amide bonds. The molecule has 0 aliphatic heterocycles. The predicted octanol–water partition coefficient (Wildman–Crippen LogP) is 3.34. The van der Waals surface area contributed by atoms with Gasteiger partial charge in [-0.25, -0.2) is 8.78 Å². The Morgan fingerprint density at radius 3 is 2.31 bits per heavy atom. The van der Waals surface area contributed by atoms with Crippen LogP contribution in [-0.2, 0) is 0 Å². The highest BCUT2D eigenvalue weighted by Gasteiger charge is 2.33. The van der Waals surface area contributed by atoms with Gasteiger partial charge in [0, 0.05) is 5.56 Å². The van der Waals surface area contributed by atoms with E-state index in [1.165, 1.54) is 0 Å². The van der Waals surface area contributed by atoms with E-state index >= 15 is 0 Å². The maximum atomic E-state index is 12.3. The average Bonchev–Trinajstić information content (AvgIpc) is 2.14. The molecule has 0 saturated heterocycles. The highest BCUT2D eigenvalue weighted by molar-refractivity contribution is 5.75. The van der Waals surface area contributed by atoms with Crippen LogP contribution in [0.15, 0.2) is 18.2 Å². The second-order valence-corrected chi connectivity index (χ2v) is 2.76. The molecule has 0 atom stereocenters. The molecule has 88 valence electrons. The van der Waals surface area contributed by atoms with Crippen LogP contribution in [0.1, 0.15) is 22.3 Å². The van der Waals surface area contributed by atoms with Crippen molar-refractivity contribution in [3.63, 3.8) is 0 Å². The first-order valence-electron chi connectivity index (χ1n) is 3.96. The van der Waals surface area contributed by atoms with Gasteiger partial charge in [0.1, 0.15) is 12.0 Å². The van der Waals surface area contributed by atoms with Gasteiger partial charge in [0.25, 0.3) is 6.43 Å². The molecule has 2 nitrogen and oxygen atoms in total. The molecule has 0 spiro atoms. The summed E-state index contributed by atoms with van der Waals surface area (Å²) in [6.07, 6.45) is -7.96. The van der Waals surface area contributed by atoms with Crippen molar-refractivity contribution in [2.45, 2.75) is 12.8 Å². The van der Waals surface area contributed by atoms with Crippen molar-refractivity contribution in [2.24, 2.45) is 0 Å². The average molecular weight is 240 g/mol. The Morgan fingerprint density at radius 2 is 1.88 bits per heavy atom. The van der Waals surface area contributed by atoms with E-state index in [2.05, 4.69) is 4.74 Å². The van der Waals surface area contributed by atoms with E-state index in [1.807, 2.05) is 0 Å². The number of benzene rings is 1. The smallest absolute Gasteiger partial charge is 0.405 e. The molecule has 0 fully saturated rings. The summed E-state index contributed by atoms with van der Waals surface area (Å²) in [5.74, 6) is -1.06. The van der Waals surface area contributed by atoms with Gasteiger partial charge < -0.3 is 4.74 Å². The maximum Gasteiger partial charge on any atom is 0.573 e. The van der Waals surface area contributed by atoms with Gasteiger partial charge in [-0.15, -0.1) is 13.2 Å². The fraction of sp³-hybridized carbons (Fsp3) is 0.222. The highest BCUT2D eigenvalue weighted by atomic mass is 19.4. The Hall–Kier alpha value is -1.66. The van der Waals surface area contributed by atoms with Crippen molar-refractivity contribution in [3.05, 3.63) is 29.3 Å². The second-order valence-electron chi connectivity index (χ2n) is 2.76. The van der Waals surface area contributed by atoms with Gasteiger partial charge in [-0.3, -0.25) is 4.79 Å². The van der Waals surface area contributed by atoms with E-state index in [1.54, 1.807) is 0 Å². The van der Waals surface area contributed by atoms with Gasteiger partial charge in [0.15, 0.2) is 0 Å². The maximum absolute atomic E-state index is 12.3. The lowest BCUT2D eigenvalue weighted by Crippen LogP contribution is -2.18. The first-order valence-corrected chi connectivity index (χ1v) is 3.96. The number of hydrogen-bond donors (Lipinski definition) is 0. The molecule has 0 N–H and O–H groups in total. The fourth-order valence-corrected chi connectivity index (χ4v) is 1.02. The number of hydrogen-bond acceptors (Lipinski definition) is 2. The number of rotatable bonds is 3. The first kappa shape index (κ1) is 12.4. The summed E-state index contributed by atoms with van der Waals surface area (Å²) < 4.78 is 63.6. The molecule has 1 rings (SSSR count). The zero-order chi connectivity index (χ0) is 12.3. The van der Waals surface area contributed by atoms with Gasteiger partial charge >= 0.3 is 6.36 Å². The Balaban J connectivity index is 3.15. The van der Waals surface area contributed by atoms with Crippen LogP contribution in [0.3, 0.4) is 0 Å². The van der Waals surface area contributed by atoms with Gasteiger partial charge in [0.05, 0.1) is 5.56 Å². The van der Waals surface area contributed by atoms with Crippen molar-refractivity contribution in [2.75, 3.05) is 0 Å². The van der Waals surface area contributed by atoms with E-state index in [-0.39, 0.29) is 11.8 Å². The summed E-state index contributed by atoms with van der Waals surface area (Å²) in [6.45, 7) is 0. The van der Waals surface area contributed by atoms with Crippen molar-refractivity contribution in [3.8, 4) is 5.75 Å². The van der Waals surface area contributed by atoms with Crippen molar-refractivity contribution in [1.29, 1.82) is 0 Å². The topological polar surface area (TPSA) is 26.3 Å². The van der Waals surface area contributed by atoms with E-state index in [4.69, 9.17) is 0 Å². The molecule has 1 aromatic rings. The molecule has 0 aliphatic carbocycles. The third-order valence-corrected chi connectivity index (χ3v) is 1.63. The number of ether oxygens (including phenoxy) is 1. The van der Waals surface area contributed by atoms with E-state index < -0.39 is 24.1 Å². The highest BCUT2D eigenvalue weighted by Crippen LogP contribution is 2.33. The van der Waals surface area contributed by atoms with Crippen LogP contribution in [0.4, 0.5) is 22.0 Å². The minimum absolute atomic E-state index is 0.177. The van der Waals surface area contributed by atoms with Crippen LogP contribution >= 0.6 is 0 Å². The standard InChI is InChI=1S/C9H5F5O2/c10-8(11)6-2-1-5(4-15)3-7(6)16-9(12,13)14/h1-4,8H. The molecular weight excluding hydrogens is 235 g/mol. The van der Waals surface area contributed by atoms with Gasteiger partial charge in [-0.2, -0.15) is 0 Å². The zero-order valence-corrected chi connectivity index (χ0v) is 7.59. The van der Waals surface area contributed by atoms with Crippen LogP contribution < -0.4 is 4.74 Å². The predicted molar refractivity (Wildman–Crippen MR) is 43.5 cm³/mol. The Labute approximate surface area is 86.6 Å². The normalized spacial score (nSPS) is 11.6. The van der Waals surface area contributed by atoms with Crippen LogP contribution in [0.25, 0.3) is 0 Å². The van der Waals surface area contributed by atoms with Crippen molar-refractivity contribution in [1.82, 2.24) is 0 Å². The summed E-state index contributed by atoms with van der Waals surface area (Å²) in [4.78, 5) is 10.3. The van der Waals surface area contributed by atoms with Gasteiger partial charge in [-0.1, -0.05) is 6.07 Å². The molecule has 16 heavy (non-hydrogen) atoms. The SMILES string of the molecule is O=Cc1ccc(C(F)F)c(OC(F)(F)F)c1. The van der Waals surface area contributed by atoms with E-state index in [0.29, 0.717) is 6.07 Å². The lowest BCUT2D eigenvalue weighted by atomic mass is 10.1. The lowest BCUT2D eigenvalue weighted by Gasteiger charge is -2.13. The van der Waals surface area contributed by atoms with Crippen LogP contribution in [-0.4, -0.2) is 12.6 Å². The summed E-state index contributed by atoms with van der Waals surface area (Å²) in [5.41, 5.74) is -1.09. The molecular formula is C9H5F5O2. The third kappa shape index (κ3) is 3.18. The molecule has 0 radical (unpaired) electrons. The fourth-order valence-electron chi connectivity index (χ4n) is 1.02. The van der Waals surface area contributed by atoms with Crippen LogP contribution in [0, 0.1) is 0 Å². The third-order valence-electron chi connectivity index (χ3n) is 1.63. The van der Waals surface area contributed by atoms with Crippen molar-refractivity contribution >= 4 is 6.29 Å². The molecule has 0 aliphatic rings. The molecule has 1 aromatic carbocycles. The van der Waals surface area contributed by atoms with E-state index in [0.717, 1.165) is 12.1 Å². The lowest BCUT2D eigenvalue weighted by molar-refractivity contribution is -0.275. The summed E-state index contributed by atoms with van der Waals surface area (Å²) in [5, 5.41) is 0. The number of halogens is 5. The number of alkyl halides is 5. The minimum atomic E-state index is -5.08. The zero-order valence-electron chi connectivity index (χ0n) is 7.59. The largest absolute Gasteiger partial charge is 0.573 e.